The lowest BCUT2D eigenvalue weighted by Gasteiger charge is -2.18. The second-order valence-electron chi connectivity index (χ2n) is 3.93. The molecule has 6 heteroatoms. The Balaban J connectivity index is 1.98. The minimum atomic E-state index is -0.139. The van der Waals surface area contributed by atoms with E-state index in [-0.39, 0.29) is 5.78 Å². The number of hydrogen-bond donors (Lipinski definition) is 0. The predicted octanol–water partition coefficient (Wildman–Crippen LogP) is 0.817. The molecule has 0 saturated carbocycles. The van der Waals surface area contributed by atoms with Gasteiger partial charge < -0.3 is 9.47 Å². The van der Waals surface area contributed by atoms with Gasteiger partial charge in [-0.2, -0.15) is 0 Å². The van der Waals surface area contributed by atoms with Gasteiger partial charge in [-0.15, -0.1) is 5.10 Å². The number of fused-ring (bicyclic) bond motifs is 1. The first kappa shape index (κ1) is 10.8. The molecule has 2 aromatic rings. The van der Waals surface area contributed by atoms with E-state index in [9.17, 15) is 4.79 Å². The third-order valence-electron chi connectivity index (χ3n) is 2.75. The standard InChI is InChI=1S/C12H11N3O3/c1-15-9(7-13-14-15)12(16)8-2-3-10-11(6-8)18-5-4-17-10/h2-3,6-7H,4-5H2,1H3. The monoisotopic (exact) mass is 245 g/mol. The summed E-state index contributed by atoms with van der Waals surface area (Å²) in [4.78, 5) is 12.2. The minimum Gasteiger partial charge on any atom is -0.486 e. The summed E-state index contributed by atoms with van der Waals surface area (Å²) in [6.45, 7) is 1.03. The summed E-state index contributed by atoms with van der Waals surface area (Å²) in [6.07, 6.45) is 1.44. The van der Waals surface area contributed by atoms with E-state index >= 15 is 0 Å². The van der Waals surface area contributed by atoms with Gasteiger partial charge in [0.25, 0.3) is 0 Å². The molecule has 0 atom stereocenters. The fourth-order valence-electron chi connectivity index (χ4n) is 1.83. The summed E-state index contributed by atoms with van der Waals surface area (Å²) in [6, 6.07) is 5.14. The lowest BCUT2D eigenvalue weighted by atomic mass is 10.1. The van der Waals surface area contributed by atoms with Crippen molar-refractivity contribution >= 4 is 5.78 Å². The summed E-state index contributed by atoms with van der Waals surface area (Å²) >= 11 is 0. The van der Waals surface area contributed by atoms with Crippen LogP contribution < -0.4 is 9.47 Å². The molecule has 0 fully saturated rings. The van der Waals surface area contributed by atoms with E-state index in [1.54, 1.807) is 25.2 Å². The lowest BCUT2D eigenvalue weighted by molar-refractivity contribution is 0.102. The molecule has 0 spiro atoms. The maximum absolute atomic E-state index is 12.2. The second kappa shape index (κ2) is 4.14. The van der Waals surface area contributed by atoms with Crippen molar-refractivity contribution in [3.8, 4) is 11.5 Å². The van der Waals surface area contributed by atoms with Crippen LogP contribution in [0.25, 0.3) is 0 Å². The second-order valence-corrected chi connectivity index (χ2v) is 3.93. The first-order chi connectivity index (χ1) is 8.75. The van der Waals surface area contributed by atoms with Gasteiger partial charge in [0.15, 0.2) is 11.5 Å². The Morgan fingerprint density at radius 3 is 2.78 bits per heavy atom. The number of rotatable bonds is 2. The SMILES string of the molecule is Cn1nncc1C(=O)c1ccc2c(c1)OCCO2. The molecule has 0 saturated heterocycles. The van der Waals surface area contributed by atoms with Crippen LogP contribution in [0.2, 0.25) is 0 Å². The quantitative estimate of drug-likeness (QED) is 0.733. The summed E-state index contributed by atoms with van der Waals surface area (Å²) in [5.41, 5.74) is 0.969. The molecule has 1 aromatic heterocycles. The smallest absolute Gasteiger partial charge is 0.212 e. The Morgan fingerprint density at radius 1 is 1.28 bits per heavy atom. The van der Waals surface area contributed by atoms with Crippen LogP contribution in [-0.2, 0) is 7.05 Å². The maximum atomic E-state index is 12.2. The van der Waals surface area contributed by atoms with E-state index in [0.29, 0.717) is 36.0 Å². The Morgan fingerprint density at radius 2 is 2.06 bits per heavy atom. The van der Waals surface area contributed by atoms with Crippen LogP contribution in [0.15, 0.2) is 24.4 Å². The van der Waals surface area contributed by atoms with E-state index in [2.05, 4.69) is 10.3 Å². The van der Waals surface area contributed by atoms with Gasteiger partial charge in [0.1, 0.15) is 18.9 Å². The van der Waals surface area contributed by atoms with Gasteiger partial charge in [-0.3, -0.25) is 4.79 Å². The van der Waals surface area contributed by atoms with E-state index in [0.717, 1.165) is 0 Å². The van der Waals surface area contributed by atoms with E-state index < -0.39 is 0 Å². The van der Waals surface area contributed by atoms with Crippen molar-refractivity contribution in [3.63, 3.8) is 0 Å². The van der Waals surface area contributed by atoms with Crippen molar-refractivity contribution in [2.24, 2.45) is 7.05 Å². The highest BCUT2D eigenvalue weighted by Gasteiger charge is 2.18. The molecule has 2 heterocycles. The van der Waals surface area contributed by atoms with E-state index in [1.807, 2.05) is 0 Å². The van der Waals surface area contributed by atoms with Gasteiger partial charge in [-0.25, -0.2) is 4.68 Å². The predicted molar refractivity (Wildman–Crippen MR) is 61.9 cm³/mol. The van der Waals surface area contributed by atoms with Crippen molar-refractivity contribution in [3.05, 3.63) is 35.7 Å². The van der Waals surface area contributed by atoms with Gasteiger partial charge in [-0.05, 0) is 18.2 Å². The molecule has 0 radical (unpaired) electrons. The van der Waals surface area contributed by atoms with Crippen molar-refractivity contribution < 1.29 is 14.3 Å². The summed E-state index contributed by atoms with van der Waals surface area (Å²) < 4.78 is 12.3. The van der Waals surface area contributed by atoms with Crippen molar-refractivity contribution in [2.45, 2.75) is 0 Å². The molecule has 0 unspecified atom stereocenters. The largest absolute Gasteiger partial charge is 0.486 e. The Labute approximate surface area is 103 Å². The molecule has 0 N–H and O–H groups in total. The normalized spacial score (nSPS) is 13.4. The number of carbonyl (C=O) groups is 1. The molecule has 1 aliphatic rings. The molecular formula is C12H11N3O3. The van der Waals surface area contributed by atoms with Crippen LogP contribution >= 0.6 is 0 Å². The van der Waals surface area contributed by atoms with Gasteiger partial charge in [0, 0.05) is 12.6 Å². The fourth-order valence-corrected chi connectivity index (χ4v) is 1.83. The van der Waals surface area contributed by atoms with Crippen LogP contribution in [0.3, 0.4) is 0 Å². The Bertz CT molecular complexity index is 606. The minimum absolute atomic E-state index is 0.139. The third kappa shape index (κ3) is 1.71. The third-order valence-corrected chi connectivity index (χ3v) is 2.75. The van der Waals surface area contributed by atoms with Gasteiger partial charge in [0.05, 0.1) is 6.20 Å². The maximum Gasteiger partial charge on any atom is 0.212 e. The zero-order valence-electron chi connectivity index (χ0n) is 9.79. The van der Waals surface area contributed by atoms with Crippen LogP contribution in [0, 0.1) is 0 Å². The number of nitrogens with zero attached hydrogens (tertiary/aromatic N) is 3. The molecular weight excluding hydrogens is 234 g/mol. The lowest BCUT2D eigenvalue weighted by Crippen LogP contribution is -2.16. The van der Waals surface area contributed by atoms with Crippen LogP contribution in [0.4, 0.5) is 0 Å². The molecule has 0 amide bonds. The van der Waals surface area contributed by atoms with Gasteiger partial charge in [0.2, 0.25) is 5.78 Å². The number of hydrogen-bond acceptors (Lipinski definition) is 5. The average Bonchev–Trinajstić information content (AvgIpc) is 2.83. The molecule has 1 aromatic carbocycles. The number of ketones is 1. The van der Waals surface area contributed by atoms with Crippen LogP contribution in [0.5, 0.6) is 11.5 Å². The molecule has 6 nitrogen and oxygen atoms in total. The number of ether oxygens (including phenoxy) is 2. The zero-order chi connectivity index (χ0) is 12.5. The first-order valence-corrected chi connectivity index (χ1v) is 5.55. The Kier molecular flexibility index (Phi) is 2.47. The zero-order valence-corrected chi connectivity index (χ0v) is 9.79. The number of aryl methyl sites for hydroxylation is 1. The molecule has 0 aliphatic carbocycles. The Hall–Kier alpha value is -2.37. The topological polar surface area (TPSA) is 66.2 Å². The summed E-state index contributed by atoms with van der Waals surface area (Å²) in [5, 5.41) is 7.43. The molecule has 3 rings (SSSR count). The van der Waals surface area contributed by atoms with Gasteiger partial charge in [-0.1, -0.05) is 5.21 Å². The highest BCUT2D eigenvalue weighted by Crippen LogP contribution is 2.31. The molecule has 1 aliphatic heterocycles. The number of benzene rings is 1. The van der Waals surface area contributed by atoms with Crippen molar-refractivity contribution in [1.82, 2.24) is 15.0 Å². The highest BCUT2D eigenvalue weighted by molar-refractivity contribution is 6.08. The van der Waals surface area contributed by atoms with Crippen molar-refractivity contribution in [1.29, 1.82) is 0 Å². The first-order valence-electron chi connectivity index (χ1n) is 5.55. The van der Waals surface area contributed by atoms with E-state index in [1.165, 1.54) is 10.9 Å². The van der Waals surface area contributed by atoms with Crippen LogP contribution in [-0.4, -0.2) is 34.0 Å². The number of carbonyl (C=O) groups excluding carboxylic acids is 1. The van der Waals surface area contributed by atoms with E-state index in [4.69, 9.17) is 9.47 Å². The summed E-state index contributed by atoms with van der Waals surface area (Å²) in [7, 11) is 1.68. The average molecular weight is 245 g/mol. The molecule has 0 bridgehead atoms. The molecule has 92 valence electrons. The van der Waals surface area contributed by atoms with Crippen molar-refractivity contribution in [2.75, 3.05) is 13.2 Å². The number of aromatic nitrogens is 3. The highest BCUT2D eigenvalue weighted by atomic mass is 16.6. The van der Waals surface area contributed by atoms with Gasteiger partial charge >= 0.3 is 0 Å². The molecule has 18 heavy (non-hydrogen) atoms. The van der Waals surface area contributed by atoms with Crippen LogP contribution in [0.1, 0.15) is 16.1 Å². The fraction of sp³-hybridized carbons (Fsp3) is 0.250. The summed E-state index contributed by atoms with van der Waals surface area (Å²) in [5.74, 6) is 1.13.